The molecular weight excluding hydrogens is 296 g/mol. The van der Waals surface area contributed by atoms with Crippen molar-refractivity contribution in [2.75, 3.05) is 20.3 Å². The Morgan fingerprint density at radius 2 is 2.26 bits per heavy atom. The van der Waals surface area contributed by atoms with E-state index >= 15 is 0 Å². The van der Waals surface area contributed by atoms with Crippen LogP contribution in [0.5, 0.6) is 5.75 Å². The Bertz CT molecular complexity index is 763. The molecule has 1 aliphatic rings. The first-order valence-corrected chi connectivity index (χ1v) is 7.73. The first-order valence-electron chi connectivity index (χ1n) is 7.73. The van der Waals surface area contributed by atoms with Gasteiger partial charge in [0.05, 0.1) is 18.6 Å². The van der Waals surface area contributed by atoms with E-state index < -0.39 is 0 Å². The van der Waals surface area contributed by atoms with Crippen molar-refractivity contribution < 1.29 is 14.3 Å². The highest BCUT2D eigenvalue weighted by Gasteiger charge is 2.16. The molecular formula is C17H20N2O4. The van der Waals surface area contributed by atoms with Gasteiger partial charge in [-0.05, 0) is 31.0 Å². The molecule has 2 aromatic rings. The minimum Gasteiger partial charge on any atom is -0.496 e. The Morgan fingerprint density at radius 3 is 3.00 bits per heavy atom. The van der Waals surface area contributed by atoms with Gasteiger partial charge in [-0.15, -0.1) is 0 Å². The third kappa shape index (κ3) is 3.37. The fraction of sp³-hybridized carbons (Fsp3) is 0.412. The van der Waals surface area contributed by atoms with E-state index in [2.05, 4.69) is 5.32 Å². The molecule has 6 nitrogen and oxygen atoms in total. The second-order valence-corrected chi connectivity index (χ2v) is 5.61. The lowest BCUT2D eigenvalue weighted by molar-refractivity contribution is -0.122. The van der Waals surface area contributed by atoms with Gasteiger partial charge in [-0.3, -0.25) is 9.59 Å². The summed E-state index contributed by atoms with van der Waals surface area (Å²) in [5.41, 5.74) is -0.200. The molecule has 3 rings (SSSR count). The van der Waals surface area contributed by atoms with Crippen molar-refractivity contribution in [3.05, 3.63) is 40.8 Å². The van der Waals surface area contributed by atoms with Gasteiger partial charge in [0.2, 0.25) is 5.91 Å². The van der Waals surface area contributed by atoms with Gasteiger partial charge in [0, 0.05) is 24.7 Å². The van der Waals surface area contributed by atoms with Crippen molar-refractivity contribution in [3.63, 3.8) is 0 Å². The van der Waals surface area contributed by atoms with Crippen molar-refractivity contribution in [2.24, 2.45) is 0 Å². The molecule has 6 heteroatoms. The number of nitrogens with one attached hydrogen (secondary N) is 1. The molecule has 0 bridgehead atoms. The Kier molecular flexibility index (Phi) is 4.62. The molecule has 23 heavy (non-hydrogen) atoms. The summed E-state index contributed by atoms with van der Waals surface area (Å²) in [4.78, 5) is 24.5. The number of hydrogen-bond donors (Lipinski definition) is 1. The molecule has 1 fully saturated rings. The van der Waals surface area contributed by atoms with E-state index in [4.69, 9.17) is 9.47 Å². The molecule has 0 aliphatic carbocycles. The lowest BCUT2D eigenvalue weighted by Gasteiger charge is -2.12. The van der Waals surface area contributed by atoms with Crippen LogP contribution in [-0.4, -0.2) is 36.8 Å². The number of nitrogens with zero attached hydrogens (tertiary/aromatic N) is 1. The number of benzene rings is 1. The van der Waals surface area contributed by atoms with Crippen LogP contribution in [0.3, 0.4) is 0 Å². The quantitative estimate of drug-likeness (QED) is 0.903. The van der Waals surface area contributed by atoms with Gasteiger partial charge < -0.3 is 19.4 Å². The van der Waals surface area contributed by atoms with E-state index in [1.165, 1.54) is 4.57 Å². The number of methoxy groups -OCH3 is 1. The molecule has 0 radical (unpaired) electrons. The van der Waals surface area contributed by atoms with Crippen molar-refractivity contribution in [1.82, 2.24) is 9.88 Å². The van der Waals surface area contributed by atoms with E-state index in [-0.39, 0.29) is 24.1 Å². The molecule has 2 heterocycles. The van der Waals surface area contributed by atoms with Crippen LogP contribution in [0.15, 0.2) is 35.3 Å². The van der Waals surface area contributed by atoms with Crippen LogP contribution >= 0.6 is 0 Å². The predicted molar refractivity (Wildman–Crippen MR) is 86.7 cm³/mol. The number of ether oxygens (including phenoxy) is 2. The lowest BCUT2D eigenvalue weighted by Crippen LogP contribution is -2.36. The topological polar surface area (TPSA) is 69.6 Å². The molecule has 1 amide bonds. The van der Waals surface area contributed by atoms with E-state index in [0.717, 1.165) is 24.8 Å². The molecule has 0 saturated carbocycles. The second-order valence-electron chi connectivity index (χ2n) is 5.61. The van der Waals surface area contributed by atoms with Crippen LogP contribution in [-0.2, 0) is 16.1 Å². The third-order valence-electron chi connectivity index (χ3n) is 4.06. The van der Waals surface area contributed by atoms with Crippen LogP contribution < -0.4 is 15.6 Å². The van der Waals surface area contributed by atoms with Gasteiger partial charge in [0.15, 0.2) is 0 Å². The van der Waals surface area contributed by atoms with Gasteiger partial charge in [0.25, 0.3) is 5.56 Å². The average Bonchev–Trinajstić information content (AvgIpc) is 3.08. The van der Waals surface area contributed by atoms with Crippen LogP contribution in [0.1, 0.15) is 12.8 Å². The molecule has 0 spiro atoms. The number of aromatic nitrogens is 1. The summed E-state index contributed by atoms with van der Waals surface area (Å²) in [6.45, 7) is 1.25. The lowest BCUT2D eigenvalue weighted by atomic mass is 10.1. The van der Waals surface area contributed by atoms with Crippen molar-refractivity contribution in [2.45, 2.75) is 25.5 Å². The molecule has 1 unspecified atom stereocenters. The van der Waals surface area contributed by atoms with Crippen LogP contribution in [0.4, 0.5) is 0 Å². The number of hydrogen-bond acceptors (Lipinski definition) is 4. The minimum atomic E-state index is -0.200. The summed E-state index contributed by atoms with van der Waals surface area (Å²) in [5, 5.41) is 4.11. The molecule has 1 aromatic carbocycles. The molecule has 1 aromatic heterocycles. The van der Waals surface area contributed by atoms with Gasteiger partial charge in [-0.1, -0.05) is 6.07 Å². The smallest absolute Gasteiger partial charge is 0.259 e. The molecule has 1 saturated heterocycles. The zero-order chi connectivity index (χ0) is 16.2. The van der Waals surface area contributed by atoms with E-state index in [9.17, 15) is 9.59 Å². The SMILES string of the molecule is COc1cccc2c(=O)n(CC(=O)NCC3CCCO3)ccc12. The van der Waals surface area contributed by atoms with Crippen LogP contribution in [0, 0.1) is 0 Å². The normalized spacial score (nSPS) is 17.3. The highest BCUT2D eigenvalue weighted by Crippen LogP contribution is 2.22. The third-order valence-corrected chi connectivity index (χ3v) is 4.06. The summed E-state index contributed by atoms with van der Waals surface area (Å²) in [7, 11) is 1.57. The highest BCUT2D eigenvalue weighted by atomic mass is 16.5. The molecule has 1 atom stereocenters. The fourth-order valence-corrected chi connectivity index (χ4v) is 2.84. The van der Waals surface area contributed by atoms with E-state index in [1.54, 1.807) is 37.6 Å². The fourth-order valence-electron chi connectivity index (χ4n) is 2.84. The minimum absolute atomic E-state index is 0.00129. The van der Waals surface area contributed by atoms with Crippen molar-refractivity contribution >= 4 is 16.7 Å². The number of fused-ring (bicyclic) bond motifs is 1. The number of carbonyl (C=O) groups is 1. The van der Waals surface area contributed by atoms with Gasteiger partial charge in [0.1, 0.15) is 12.3 Å². The zero-order valence-corrected chi connectivity index (χ0v) is 13.1. The largest absolute Gasteiger partial charge is 0.496 e. The summed E-state index contributed by atoms with van der Waals surface area (Å²) in [5.74, 6) is 0.458. The Morgan fingerprint density at radius 1 is 1.39 bits per heavy atom. The first kappa shape index (κ1) is 15.6. The number of pyridine rings is 1. The van der Waals surface area contributed by atoms with Crippen molar-refractivity contribution in [1.29, 1.82) is 0 Å². The average molecular weight is 316 g/mol. The predicted octanol–water partition coefficient (Wildman–Crippen LogP) is 1.31. The maximum atomic E-state index is 12.5. The zero-order valence-electron chi connectivity index (χ0n) is 13.1. The summed E-state index contributed by atoms with van der Waals surface area (Å²) in [6.07, 6.45) is 3.72. The van der Waals surface area contributed by atoms with Crippen LogP contribution in [0.2, 0.25) is 0 Å². The molecule has 122 valence electrons. The number of amides is 1. The Balaban J connectivity index is 1.74. The Hall–Kier alpha value is -2.34. The maximum absolute atomic E-state index is 12.5. The number of carbonyl (C=O) groups excluding carboxylic acids is 1. The summed E-state index contributed by atoms with van der Waals surface area (Å²) >= 11 is 0. The van der Waals surface area contributed by atoms with Gasteiger partial charge >= 0.3 is 0 Å². The monoisotopic (exact) mass is 316 g/mol. The highest BCUT2D eigenvalue weighted by molar-refractivity contribution is 5.87. The first-order chi connectivity index (χ1) is 11.2. The Labute approximate surface area is 134 Å². The van der Waals surface area contributed by atoms with Crippen molar-refractivity contribution in [3.8, 4) is 5.75 Å². The standard InChI is InChI=1S/C17H20N2O4/c1-22-15-6-2-5-14-13(15)7-8-19(17(14)21)11-16(20)18-10-12-4-3-9-23-12/h2,5-8,12H,3-4,9-11H2,1H3,(H,18,20). The number of rotatable bonds is 5. The maximum Gasteiger partial charge on any atom is 0.259 e. The summed E-state index contributed by atoms with van der Waals surface area (Å²) in [6, 6.07) is 7.11. The van der Waals surface area contributed by atoms with Crippen LogP contribution in [0.25, 0.3) is 10.8 Å². The summed E-state index contributed by atoms with van der Waals surface area (Å²) < 4.78 is 12.1. The molecule has 1 aliphatic heterocycles. The van der Waals surface area contributed by atoms with Gasteiger partial charge in [-0.25, -0.2) is 0 Å². The molecule has 1 N–H and O–H groups in total. The second kappa shape index (κ2) is 6.83. The van der Waals surface area contributed by atoms with E-state index in [1.807, 2.05) is 0 Å². The van der Waals surface area contributed by atoms with Gasteiger partial charge in [-0.2, -0.15) is 0 Å². The van der Waals surface area contributed by atoms with E-state index in [0.29, 0.717) is 17.7 Å².